The van der Waals surface area contributed by atoms with E-state index in [1.54, 1.807) is 6.08 Å². The summed E-state index contributed by atoms with van der Waals surface area (Å²) >= 11 is 0. The molecule has 0 spiro atoms. The molecule has 1 aliphatic rings. The number of rotatable bonds is 5. The summed E-state index contributed by atoms with van der Waals surface area (Å²) < 4.78 is 0. The number of Topliss-reactive ketones (excluding diaryl/α,β-unsaturated/α-hetero) is 1. The van der Waals surface area contributed by atoms with Gasteiger partial charge in [0.05, 0.1) is 6.10 Å². The highest BCUT2D eigenvalue weighted by Gasteiger charge is 2.30. The van der Waals surface area contributed by atoms with E-state index >= 15 is 0 Å². The van der Waals surface area contributed by atoms with Gasteiger partial charge in [-0.15, -0.1) is 0 Å². The minimum Gasteiger partial charge on any atom is -0.388 e. The van der Waals surface area contributed by atoms with E-state index in [1.165, 1.54) is 0 Å². The van der Waals surface area contributed by atoms with E-state index in [0.717, 1.165) is 18.4 Å². The van der Waals surface area contributed by atoms with E-state index < -0.39 is 12.2 Å². The molecule has 3 atom stereocenters. The van der Waals surface area contributed by atoms with Crippen molar-refractivity contribution in [2.45, 2.75) is 52.2 Å². The van der Waals surface area contributed by atoms with Gasteiger partial charge in [-0.1, -0.05) is 32.1 Å². The Kier molecular flexibility index (Phi) is 5.29. The molecule has 0 aromatic heterocycles. The fourth-order valence-electron chi connectivity index (χ4n) is 2.37. The maximum Gasteiger partial charge on any atom is 0.165 e. The first-order valence-corrected chi connectivity index (χ1v) is 6.57. The van der Waals surface area contributed by atoms with Gasteiger partial charge in [0.2, 0.25) is 0 Å². The van der Waals surface area contributed by atoms with Crippen LogP contribution in [0.25, 0.3) is 0 Å². The van der Waals surface area contributed by atoms with E-state index in [2.05, 4.69) is 6.58 Å². The first kappa shape index (κ1) is 15.1. The van der Waals surface area contributed by atoms with Crippen LogP contribution < -0.4 is 0 Å². The molecule has 3 nitrogen and oxygen atoms in total. The van der Waals surface area contributed by atoms with Crippen molar-refractivity contribution < 1.29 is 15.0 Å². The number of hydrogen-bond acceptors (Lipinski definition) is 3. The summed E-state index contributed by atoms with van der Waals surface area (Å²) in [5.41, 5.74) is 1.60. The van der Waals surface area contributed by atoms with E-state index in [9.17, 15) is 15.0 Å². The largest absolute Gasteiger partial charge is 0.388 e. The Morgan fingerprint density at radius 2 is 2.17 bits per heavy atom. The molecule has 0 fully saturated rings. The molecule has 0 aliphatic heterocycles. The summed E-state index contributed by atoms with van der Waals surface area (Å²) in [7, 11) is 0. The van der Waals surface area contributed by atoms with Crippen LogP contribution in [0.2, 0.25) is 0 Å². The van der Waals surface area contributed by atoms with Gasteiger partial charge in [0.25, 0.3) is 0 Å². The van der Waals surface area contributed by atoms with Crippen molar-refractivity contribution in [3.05, 3.63) is 23.8 Å². The molecule has 2 unspecified atom stereocenters. The molecule has 0 heterocycles. The molecule has 0 aromatic carbocycles. The smallest absolute Gasteiger partial charge is 0.165 e. The molecule has 18 heavy (non-hydrogen) atoms. The topological polar surface area (TPSA) is 57.5 Å². The second-order valence-corrected chi connectivity index (χ2v) is 5.69. The summed E-state index contributed by atoms with van der Waals surface area (Å²) in [6.07, 6.45) is 1.99. The van der Waals surface area contributed by atoms with Crippen LogP contribution in [0.1, 0.15) is 40.0 Å². The lowest BCUT2D eigenvalue weighted by Crippen LogP contribution is -2.33. The van der Waals surface area contributed by atoms with Crippen LogP contribution in [0.5, 0.6) is 0 Å². The van der Waals surface area contributed by atoms with Gasteiger partial charge in [-0.05, 0) is 31.3 Å². The normalized spacial score (nSPS) is 25.8. The van der Waals surface area contributed by atoms with Crippen LogP contribution in [-0.2, 0) is 4.79 Å². The van der Waals surface area contributed by atoms with E-state index in [4.69, 9.17) is 0 Å². The van der Waals surface area contributed by atoms with Gasteiger partial charge in [-0.3, -0.25) is 4.79 Å². The van der Waals surface area contributed by atoms with Crippen LogP contribution in [-0.4, -0.2) is 28.2 Å². The molecule has 0 saturated carbocycles. The van der Waals surface area contributed by atoms with Crippen molar-refractivity contribution in [3.8, 4) is 0 Å². The third-order valence-corrected chi connectivity index (χ3v) is 3.46. The average Bonchev–Trinajstić information content (AvgIpc) is 2.26. The second kappa shape index (κ2) is 6.30. The Bertz CT molecular complexity index is 355. The molecule has 0 bridgehead atoms. The third-order valence-electron chi connectivity index (χ3n) is 3.46. The number of aliphatic hydroxyl groups is 2. The minimum absolute atomic E-state index is 0.200. The average molecular weight is 252 g/mol. The maximum absolute atomic E-state index is 11.8. The predicted octanol–water partition coefficient (Wildman–Crippen LogP) is 2.24. The lowest BCUT2D eigenvalue weighted by molar-refractivity contribution is -0.126. The summed E-state index contributed by atoms with van der Waals surface area (Å²) in [5.74, 6) is -0.188. The summed E-state index contributed by atoms with van der Waals surface area (Å²) in [6, 6.07) is 0. The molecular weight excluding hydrogens is 228 g/mol. The van der Waals surface area contributed by atoms with Crippen LogP contribution in [0.15, 0.2) is 23.8 Å². The zero-order valence-electron chi connectivity index (χ0n) is 11.5. The Hall–Kier alpha value is -0.930. The first-order chi connectivity index (χ1) is 8.32. The highest BCUT2D eigenvalue weighted by Crippen LogP contribution is 2.30. The predicted molar refractivity (Wildman–Crippen MR) is 72.1 cm³/mol. The SMILES string of the molecule is C=C(C(O)C(=O)CC(C)C)C1CCC(C)=C[C@H]1O. The summed E-state index contributed by atoms with van der Waals surface area (Å²) in [5, 5.41) is 20.0. The molecule has 1 aliphatic carbocycles. The van der Waals surface area contributed by atoms with Crippen LogP contribution in [0.4, 0.5) is 0 Å². The molecule has 0 radical (unpaired) electrons. The Labute approximate surface area is 109 Å². The molecular formula is C15H24O3. The molecule has 0 amide bonds. The molecule has 102 valence electrons. The van der Waals surface area contributed by atoms with Gasteiger partial charge in [0.15, 0.2) is 5.78 Å². The van der Waals surface area contributed by atoms with Crippen molar-refractivity contribution in [2.75, 3.05) is 0 Å². The lowest BCUT2D eigenvalue weighted by atomic mass is 9.80. The zero-order valence-corrected chi connectivity index (χ0v) is 11.5. The van der Waals surface area contributed by atoms with Crippen molar-refractivity contribution >= 4 is 5.78 Å². The van der Waals surface area contributed by atoms with Gasteiger partial charge in [-0.2, -0.15) is 0 Å². The Morgan fingerprint density at radius 3 is 2.67 bits per heavy atom. The number of aliphatic hydroxyl groups excluding tert-OH is 2. The number of carbonyl (C=O) groups excluding carboxylic acids is 1. The van der Waals surface area contributed by atoms with Gasteiger partial charge in [0.1, 0.15) is 6.10 Å². The number of ketones is 1. The van der Waals surface area contributed by atoms with Crippen LogP contribution in [0, 0.1) is 11.8 Å². The quantitative estimate of drug-likeness (QED) is 0.738. The van der Waals surface area contributed by atoms with Crippen LogP contribution >= 0.6 is 0 Å². The molecule has 3 heteroatoms. The van der Waals surface area contributed by atoms with Gasteiger partial charge in [0, 0.05) is 12.3 Å². The highest BCUT2D eigenvalue weighted by atomic mass is 16.3. The van der Waals surface area contributed by atoms with Crippen molar-refractivity contribution in [1.82, 2.24) is 0 Å². The van der Waals surface area contributed by atoms with E-state index in [-0.39, 0.29) is 17.6 Å². The minimum atomic E-state index is -1.14. The number of carbonyl (C=O) groups is 1. The van der Waals surface area contributed by atoms with Crippen molar-refractivity contribution in [1.29, 1.82) is 0 Å². The van der Waals surface area contributed by atoms with Gasteiger partial charge in [-0.25, -0.2) is 0 Å². The molecule has 2 N–H and O–H groups in total. The van der Waals surface area contributed by atoms with Gasteiger partial charge < -0.3 is 10.2 Å². The van der Waals surface area contributed by atoms with Crippen molar-refractivity contribution in [3.63, 3.8) is 0 Å². The first-order valence-electron chi connectivity index (χ1n) is 6.57. The number of hydrogen-bond donors (Lipinski definition) is 2. The van der Waals surface area contributed by atoms with E-state index in [1.807, 2.05) is 20.8 Å². The fraction of sp³-hybridized carbons (Fsp3) is 0.667. The zero-order chi connectivity index (χ0) is 13.9. The Balaban J connectivity index is 2.67. The van der Waals surface area contributed by atoms with Crippen LogP contribution in [0.3, 0.4) is 0 Å². The van der Waals surface area contributed by atoms with Gasteiger partial charge >= 0.3 is 0 Å². The standard InChI is InChI=1S/C15H24O3/c1-9(2)7-14(17)15(18)11(4)12-6-5-10(3)8-13(12)16/h8-9,12-13,15-16,18H,4-7H2,1-3H3/t12?,13-,15?/m1/s1. The Morgan fingerprint density at radius 1 is 1.56 bits per heavy atom. The summed E-state index contributed by atoms with van der Waals surface area (Å²) in [6.45, 7) is 9.68. The fourth-order valence-corrected chi connectivity index (χ4v) is 2.37. The van der Waals surface area contributed by atoms with E-state index in [0.29, 0.717) is 12.0 Å². The second-order valence-electron chi connectivity index (χ2n) is 5.69. The molecule has 0 aromatic rings. The molecule has 0 saturated heterocycles. The lowest BCUT2D eigenvalue weighted by Gasteiger charge is -2.29. The van der Waals surface area contributed by atoms with Crippen molar-refractivity contribution in [2.24, 2.45) is 11.8 Å². The molecule has 1 rings (SSSR count). The third kappa shape index (κ3) is 3.79. The monoisotopic (exact) mass is 252 g/mol. The number of allylic oxidation sites excluding steroid dienone is 1. The summed E-state index contributed by atoms with van der Waals surface area (Å²) in [4.78, 5) is 11.8. The highest BCUT2D eigenvalue weighted by molar-refractivity contribution is 5.85. The maximum atomic E-state index is 11.8.